The van der Waals surface area contributed by atoms with Crippen molar-refractivity contribution >= 4 is 153 Å². The summed E-state index contributed by atoms with van der Waals surface area (Å²) < 4.78 is 2.58. The van der Waals surface area contributed by atoms with Crippen LogP contribution in [0.1, 0.15) is 0 Å². The van der Waals surface area contributed by atoms with Crippen LogP contribution in [0.4, 0.5) is 34.1 Å². The van der Waals surface area contributed by atoms with Gasteiger partial charge in [0, 0.05) is 44.3 Å². The molecular weight excluding hydrogens is 1050 g/mol. The van der Waals surface area contributed by atoms with Gasteiger partial charge in [-0.05, 0) is 106 Å². The van der Waals surface area contributed by atoms with E-state index in [-0.39, 0.29) is 6.71 Å². The number of aromatic nitrogens is 1. The molecule has 13 aromatic carbocycles. The van der Waals surface area contributed by atoms with E-state index >= 15 is 0 Å². The highest BCUT2D eigenvalue weighted by Gasteiger charge is 2.48. The van der Waals surface area contributed by atoms with Crippen molar-refractivity contribution < 1.29 is 0 Å². The van der Waals surface area contributed by atoms with E-state index in [0.717, 1.165) is 11.4 Å². The number of rotatable bonds is 10. The average Bonchev–Trinajstić information content (AvgIpc) is 1.41. The first-order valence-corrected chi connectivity index (χ1v) is 33.3. The van der Waals surface area contributed by atoms with Gasteiger partial charge in [-0.3, -0.25) is 0 Å². The van der Waals surface area contributed by atoms with Crippen LogP contribution in [0.5, 0.6) is 0 Å². The standard InChI is InChI=1S/C78H54BN3Si2/c1-7-31-57(32-8-1)83(58-33-9-2-10-34-58,59-35-11-3-12-36-59)63-43-27-29-55(53-63)80-71-51-25-21-47-67(71)79-68-48-22-26-52-72(68)81(78-74-66-46-20-24-50-70(66)82-69-49-23-19-45-65(69)73(76(74)82)77(80)75(78)79)56-30-28-44-64(54-56)84(60-37-13-4-14-38-60,61-39-15-5-16-40-61)62-41-17-6-18-42-62/h1-54H. The van der Waals surface area contributed by atoms with Gasteiger partial charge < -0.3 is 14.2 Å². The number of nitrogens with zero attached hydrogens (tertiary/aromatic N) is 3. The Balaban J connectivity index is 1.01. The molecule has 4 heterocycles. The fourth-order valence-corrected chi connectivity index (χ4v) is 24.9. The zero-order valence-corrected chi connectivity index (χ0v) is 48.1. The maximum atomic E-state index is 2.67. The summed E-state index contributed by atoms with van der Waals surface area (Å²) in [5.74, 6) is 0. The summed E-state index contributed by atoms with van der Waals surface area (Å²) in [6.07, 6.45) is 0. The lowest BCUT2D eigenvalue weighted by molar-refractivity contribution is 1.27. The van der Waals surface area contributed by atoms with Crippen LogP contribution in [-0.2, 0) is 0 Å². The van der Waals surface area contributed by atoms with Crippen molar-refractivity contribution in [1.82, 2.24) is 4.40 Å². The molecule has 0 amide bonds. The van der Waals surface area contributed by atoms with Crippen LogP contribution in [0.3, 0.4) is 0 Å². The molecule has 0 aliphatic carbocycles. The summed E-state index contributed by atoms with van der Waals surface area (Å²) >= 11 is 0. The van der Waals surface area contributed by atoms with Crippen LogP contribution in [0.25, 0.3) is 38.1 Å². The van der Waals surface area contributed by atoms with E-state index in [1.165, 1.54) is 119 Å². The summed E-state index contributed by atoms with van der Waals surface area (Å²) in [5, 5.41) is 15.8. The molecule has 0 N–H and O–H groups in total. The lowest BCUT2D eigenvalue weighted by atomic mass is 9.33. The molecule has 6 heteroatoms. The summed E-state index contributed by atoms with van der Waals surface area (Å²) in [7, 11) is -5.93. The SMILES string of the molecule is c1ccc([Si](c2ccccc2)(c2ccccc2)c2cccc(N3c4ccccc4B4c5ccccc5N(c5cccc([Si](c6ccccc6)(c6ccccc6)c6ccccc6)c5)c5c4c3c3c4ccccc4n4c6ccccc6c5c34)c2)cc1. The highest BCUT2D eigenvalue weighted by Crippen LogP contribution is 2.54. The van der Waals surface area contributed by atoms with Crippen molar-refractivity contribution in [3.63, 3.8) is 0 Å². The van der Waals surface area contributed by atoms with Crippen molar-refractivity contribution in [2.24, 2.45) is 0 Å². The largest absolute Gasteiger partial charge is 0.311 e. The van der Waals surface area contributed by atoms with Crippen molar-refractivity contribution in [2.45, 2.75) is 0 Å². The van der Waals surface area contributed by atoms with Gasteiger partial charge in [-0.25, -0.2) is 0 Å². The molecule has 0 atom stereocenters. The van der Waals surface area contributed by atoms with Crippen LogP contribution in [-0.4, -0.2) is 27.3 Å². The van der Waals surface area contributed by atoms with Crippen LogP contribution in [0, 0.1) is 0 Å². The first-order chi connectivity index (χ1) is 41.7. The van der Waals surface area contributed by atoms with Crippen molar-refractivity contribution in [3.05, 3.63) is 328 Å². The molecule has 0 unspecified atom stereocenters. The van der Waals surface area contributed by atoms with Crippen molar-refractivity contribution in [2.75, 3.05) is 9.80 Å². The Morgan fingerprint density at radius 1 is 0.262 bits per heavy atom. The molecule has 2 aliphatic heterocycles. The molecular formula is C78H54BN3Si2. The van der Waals surface area contributed by atoms with E-state index in [2.05, 4.69) is 342 Å². The number of hydrogen-bond donors (Lipinski definition) is 0. The minimum Gasteiger partial charge on any atom is -0.311 e. The van der Waals surface area contributed by atoms with Gasteiger partial charge in [0.1, 0.15) is 0 Å². The Kier molecular flexibility index (Phi) is 11.1. The maximum absolute atomic E-state index is 2.97. The number of para-hydroxylation sites is 4. The second-order valence-corrected chi connectivity index (χ2v) is 30.2. The molecule has 392 valence electrons. The van der Waals surface area contributed by atoms with Gasteiger partial charge in [-0.1, -0.05) is 279 Å². The van der Waals surface area contributed by atoms with Crippen molar-refractivity contribution in [1.29, 1.82) is 0 Å². The van der Waals surface area contributed by atoms with Crippen molar-refractivity contribution in [3.8, 4) is 0 Å². The molecule has 0 radical (unpaired) electrons. The smallest absolute Gasteiger partial charge is 0.252 e. The predicted octanol–water partition coefficient (Wildman–Crippen LogP) is 11.7. The molecule has 17 rings (SSSR count). The van der Waals surface area contributed by atoms with Gasteiger partial charge in [0.05, 0.1) is 27.9 Å². The van der Waals surface area contributed by atoms with Gasteiger partial charge in [0.25, 0.3) is 6.71 Å². The van der Waals surface area contributed by atoms with Crippen LogP contribution >= 0.6 is 0 Å². The third-order valence-electron chi connectivity index (χ3n) is 18.5. The van der Waals surface area contributed by atoms with Gasteiger partial charge in [-0.2, -0.15) is 0 Å². The average molecular weight is 1100 g/mol. The third kappa shape index (κ3) is 6.81. The summed E-state index contributed by atoms with van der Waals surface area (Å²) in [4.78, 5) is 5.35. The van der Waals surface area contributed by atoms with E-state index in [0.29, 0.717) is 0 Å². The predicted molar refractivity (Wildman–Crippen MR) is 362 cm³/mol. The van der Waals surface area contributed by atoms with Gasteiger partial charge in [0.15, 0.2) is 16.1 Å². The lowest BCUT2D eigenvalue weighted by Crippen LogP contribution is -2.74. The van der Waals surface area contributed by atoms with E-state index < -0.39 is 16.1 Å². The van der Waals surface area contributed by atoms with Gasteiger partial charge in [0.2, 0.25) is 0 Å². The summed E-state index contributed by atoms with van der Waals surface area (Å²) in [6, 6.07) is 124. The number of fused-ring (bicyclic) bond motifs is 12. The van der Waals surface area contributed by atoms with Gasteiger partial charge in [-0.15, -0.1) is 0 Å². The van der Waals surface area contributed by atoms with E-state index in [1.807, 2.05) is 0 Å². The molecule has 0 saturated heterocycles. The molecule has 0 fully saturated rings. The lowest BCUT2D eigenvalue weighted by Gasteiger charge is -2.45. The minimum absolute atomic E-state index is 0.0883. The Morgan fingerprint density at radius 3 is 0.917 bits per heavy atom. The zero-order chi connectivity index (χ0) is 55.3. The normalized spacial score (nSPS) is 12.9. The zero-order valence-electron chi connectivity index (χ0n) is 46.1. The molecule has 0 spiro atoms. The van der Waals surface area contributed by atoms with E-state index in [1.54, 1.807) is 0 Å². The summed E-state index contributed by atoms with van der Waals surface area (Å²) in [6.45, 7) is -0.0883. The molecule has 0 bridgehead atoms. The molecule has 3 nitrogen and oxygen atoms in total. The Hall–Kier alpha value is -10.2. The fourth-order valence-electron chi connectivity index (χ4n) is 15.3. The number of benzene rings is 13. The molecule has 2 aromatic heterocycles. The number of hydrogen-bond acceptors (Lipinski definition) is 2. The molecule has 0 saturated carbocycles. The first kappa shape index (κ1) is 48.5. The second kappa shape index (κ2) is 19.2. The Bertz CT molecular complexity index is 4480. The quantitative estimate of drug-likeness (QED) is 0.0998. The fraction of sp³-hybridized carbons (Fsp3) is 0. The van der Waals surface area contributed by atoms with E-state index in [4.69, 9.17) is 0 Å². The molecule has 15 aromatic rings. The van der Waals surface area contributed by atoms with Gasteiger partial charge >= 0.3 is 0 Å². The Labute approximate surface area is 491 Å². The van der Waals surface area contributed by atoms with E-state index in [9.17, 15) is 0 Å². The van der Waals surface area contributed by atoms with Crippen LogP contribution < -0.4 is 67.7 Å². The monoisotopic (exact) mass is 1100 g/mol. The summed E-state index contributed by atoms with van der Waals surface area (Å²) in [5.41, 5.74) is 14.7. The third-order valence-corrected chi connectivity index (χ3v) is 28.1. The highest BCUT2D eigenvalue weighted by molar-refractivity contribution is 7.20. The highest BCUT2D eigenvalue weighted by atomic mass is 28.3. The second-order valence-electron chi connectivity index (χ2n) is 22.6. The molecule has 2 aliphatic rings. The topological polar surface area (TPSA) is 10.9 Å². The maximum Gasteiger partial charge on any atom is 0.252 e. The van der Waals surface area contributed by atoms with Crippen LogP contribution in [0.15, 0.2) is 328 Å². The first-order valence-electron chi connectivity index (χ1n) is 29.3. The number of anilines is 6. The minimum atomic E-state index is -2.97. The molecule has 84 heavy (non-hydrogen) atoms. The Morgan fingerprint density at radius 2 is 0.560 bits per heavy atom. The van der Waals surface area contributed by atoms with Crippen LogP contribution in [0.2, 0.25) is 0 Å².